The summed E-state index contributed by atoms with van der Waals surface area (Å²) in [5.74, 6) is -0.936. The van der Waals surface area contributed by atoms with Crippen molar-refractivity contribution in [2.24, 2.45) is 0 Å². The van der Waals surface area contributed by atoms with Crippen LogP contribution in [0.15, 0.2) is 36.4 Å². The second-order valence-electron chi connectivity index (χ2n) is 5.31. The molecule has 2 aromatic carbocycles. The molecule has 3 aromatic rings. The van der Waals surface area contributed by atoms with Crippen molar-refractivity contribution in [1.82, 2.24) is 8.75 Å². The van der Waals surface area contributed by atoms with Gasteiger partial charge in [-0.25, -0.2) is 4.79 Å². The van der Waals surface area contributed by atoms with Crippen molar-refractivity contribution in [3.05, 3.63) is 53.1 Å². The lowest BCUT2D eigenvalue weighted by atomic mass is 10.0. The molecule has 1 heterocycles. The maximum Gasteiger partial charge on any atom is 0.338 e. The lowest BCUT2D eigenvalue weighted by molar-refractivity contribution is -0.119. The van der Waals surface area contributed by atoms with E-state index in [2.05, 4.69) is 14.1 Å². The minimum atomic E-state index is -0.514. The number of hydrogen-bond donors (Lipinski definition) is 1. The zero-order valence-electron chi connectivity index (χ0n) is 13.2. The van der Waals surface area contributed by atoms with Gasteiger partial charge in [-0.2, -0.15) is 8.75 Å². The molecule has 0 unspecified atom stereocenters. The molecular formula is C17H15N3O3S. The molecule has 1 amide bonds. The molecule has 122 valence electrons. The second kappa shape index (κ2) is 6.76. The van der Waals surface area contributed by atoms with E-state index in [1.54, 1.807) is 24.3 Å². The van der Waals surface area contributed by atoms with Crippen LogP contribution in [0.2, 0.25) is 0 Å². The van der Waals surface area contributed by atoms with Gasteiger partial charge in [0.05, 0.1) is 23.0 Å². The van der Waals surface area contributed by atoms with Gasteiger partial charge in [-0.15, -0.1) is 0 Å². The summed E-state index contributed by atoms with van der Waals surface area (Å²) in [6, 6.07) is 10.7. The van der Waals surface area contributed by atoms with Crippen LogP contribution in [0.4, 0.5) is 5.69 Å². The summed E-state index contributed by atoms with van der Waals surface area (Å²) >= 11 is 1.08. The lowest BCUT2D eigenvalue weighted by Crippen LogP contribution is -2.21. The highest BCUT2D eigenvalue weighted by atomic mass is 32.1. The van der Waals surface area contributed by atoms with Gasteiger partial charge in [0.1, 0.15) is 11.0 Å². The maximum atomic E-state index is 12.1. The Balaban J connectivity index is 1.64. The first kappa shape index (κ1) is 16.1. The third kappa shape index (κ3) is 3.26. The molecule has 0 bridgehead atoms. The first-order valence-electron chi connectivity index (χ1n) is 7.30. The fourth-order valence-corrected chi connectivity index (χ4v) is 2.82. The van der Waals surface area contributed by atoms with Gasteiger partial charge in [-0.1, -0.05) is 18.2 Å². The summed E-state index contributed by atoms with van der Waals surface area (Å²) in [5.41, 5.74) is 4.20. The van der Waals surface area contributed by atoms with Crippen LogP contribution in [-0.2, 0) is 9.53 Å². The Morgan fingerprint density at radius 3 is 2.75 bits per heavy atom. The first-order chi connectivity index (χ1) is 11.6. The number of rotatable bonds is 4. The molecule has 0 saturated heterocycles. The van der Waals surface area contributed by atoms with Crippen molar-refractivity contribution in [2.45, 2.75) is 13.8 Å². The average Bonchev–Trinajstić information content (AvgIpc) is 3.05. The topological polar surface area (TPSA) is 81.2 Å². The first-order valence-corrected chi connectivity index (χ1v) is 8.04. The summed E-state index contributed by atoms with van der Waals surface area (Å²) in [7, 11) is 0. The standard InChI is InChI=1S/C17H15N3O3S/c1-10-5-3-6-12(11(10)2)17(22)23-9-15(21)18-13-7-4-8-14-16(13)20-24-19-14/h3-8H,9H2,1-2H3,(H,18,21). The molecule has 6 nitrogen and oxygen atoms in total. The number of nitrogens with zero attached hydrogens (tertiary/aromatic N) is 2. The van der Waals surface area contributed by atoms with Crippen LogP contribution in [0, 0.1) is 13.8 Å². The number of amides is 1. The molecule has 1 N–H and O–H groups in total. The molecule has 3 rings (SSSR count). The smallest absolute Gasteiger partial charge is 0.338 e. The third-order valence-corrected chi connectivity index (χ3v) is 4.26. The fraction of sp³-hybridized carbons (Fsp3) is 0.176. The fourth-order valence-electron chi connectivity index (χ4n) is 2.27. The van der Waals surface area contributed by atoms with E-state index in [0.29, 0.717) is 22.3 Å². The molecular weight excluding hydrogens is 326 g/mol. The molecule has 0 spiro atoms. The normalized spacial score (nSPS) is 10.6. The van der Waals surface area contributed by atoms with Gasteiger partial charge < -0.3 is 10.1 Å². The van der Waals surface area contributed by atoms with Gasteiger partial charge in [-0.3, -0.25) is 4.79 Å². The molecule has 0 atom stereocenters. The molecule has 0 aliphatic carbocycles. The summed E-state index contributed by atoms with van der Waals surface area (Å²) in [6.45, 7) is 3.41. The number of anilines is 1. The van der Waals surface area contributed by atoms with E-state index in [-0.39, 0.29) is 6.61 Å². The number of carbonyl (C=O) groups is 2. The molecule has 0 radical (unpaired) electrons. The molecule has 0 saturated carbocycles. The van der Waals surface area contributed by atoms with Crippen LogP contribution in [0.5, 0.6) is 0 Å². The van der Waals surface area contributed by atoms with E-state index in [9.17, 15) is 9.59 Å². The monoisotopic (exact) mass is 341 g/mol. The van der Waals surface area contributed by atoms with Crippen molar-refractivity contribution < 1.29 is 14.3 Å². The van der Waals surface area contributed by atoms with Crippen molar-refractivity contribution >= 4 is 40.3 Å². The predicted molar refractivity (Wildman–Crippen MR) is 92.2 cm³/mol. The second-order valence-corrected chi connectivity index (χ2v) is 5.84. The van der Waals surface area contributed by atoms with Gasteiger partial charge in [0, 0.05) is 0 Å². The Kier molecular flexibility index (Phi) is 4.52. The van der Waals surface area contributed by atoms with Crippen LogP contribution in [0.25, 0.3) is 11.0 Å². The number of aromatic nitrogens is 2. The Bertz CT molecular complexity index is 920. The van der Waals surface area contributed by atoms with Crippen LogP contribution < -0.4 is 5.32 Å². The molecule has 0 fully saturated rings. The van der Waals surface area contributed by atoms with Crippen LogP contribution in [0.3, 0.4) is 0 Å². The Morgan fingerprint density at radius 2 is 1.92 bits per heavy atom. The third-order valence-electron chi connectivity index (χ3n) is 3.72. The van der Waals surface area contributed by atoms with Crippen molar-refractivity contribution in [2.75, 3.05) is 11.9 Å². The number of carbonyl (C=O) groups excluding carboxylic acids is 2. The van der Waals surface area contributed by atoms with E-state index in [0.717, 1.165) is 22.9 Å². The summed E-state index contributed by atoms with van der Waals surface area (Å²) < 4.78 is 13.4. The van der Waals surface area contributed by atoms with Crippen LogP contribution in [0.1, 0.15) is 21.5 Å². The summed E-state index contributed by atoms with van der Waals surface area (Å²) in [6.07, 6.45) is 0. The van der Waals surface area contributed by atoms with Gasteiger partial charge in [0.2, 0.25) is 0 Å². The van der Waals surface area contributed by atoms with Gasteiger partial charge in [0.25, 0.3) is 5.91 Å². The summed E-state index contributed by atoms with van der Waals surface area (Å²) in [4.78, 5) is 24.2. The number of benzene rings is 2. The Morgan fingerprint density at radius 1 is 1.12 bits per heavy atom. The zero-order chi connectivity index (χ0) is 17.1. The molecule has 1 aromatic heterocycles. The van der Waals surface area contributed by atoms with E-state index in [1.165, 1.54) is 0 Å². The van der Waals surface area contributed by atoms with Crippen molar-refractivity contribution in [3.63, 3.8) is 0 Å². The maximum absolute atomic E-state index is 12.1. The quantitative estimate of drug-likeness (QED) is 0.738. The van der Waals surface area contributed by atoms with Crippen LogP contribution >= 0.6 is 11.7 Å². The average molecular weight is 341 g/mol. The van der Waals surface area contributed by atoms with E-state index >= 15 is 0 Å². The number of aryl methyl sites for hydroxylation is 1. The SMILES string of the molecule is Cc1cccc(C(=O)OCC(=O)Nc2cccc3nsnc23)c1C. The number of fused-ring (bicyclic) bond motifs is 1. The van der Waals surface area contributed by atoms with Crippen molar-refractivity contribution in [1.29, 1.82) is 0 Å². The van der Waals surface area contributed by atoms with Gasteiger partial charge in [0.15, 0.2) is 6.61 Å². The summed E-state index contributed by atoms with van der Waals surface area (Å²) in [5, 5.41) is 2.69. The highest BCUT2D eigenvalue weighted by Gasteiger charge is 2.14. The Labute approximate surface area is 142 Å². The number of esters is 1. The highest BCUT2D eigenvalue weighted by molar-refractivity contribution is 7.00. The number of hydrogen-bond acceptors (Lipinski definition) is 6. The Hall–Kier alpha value is -2.80. The zero-order valence-corrected chi connectivity index (χ0v) is 14.0. The lowest BCUT2D eigenvalue weighted by Gasteiger charge is -2.09. The van der Waals surface area contributed by atoms with E-state index < -0.39 is 11.9 Å². The van der Waals surface area contributed by atoms with Crippen LogP contribution in [-0.4, -0.2) is 27.2 Å². The van der Waals surface area contributed by atoms with E-state index in [1.807, 2.05) is 26.0 Å². The molecule has 0 aliphatic rings. The highest BCUT2D eigenvalue weighted by Crippen LogP contribution is 2.21. The molecule has 7 heteroatoms. The predicted octanol–water partition coefficient (Wildman–Crippen LogP) is 3.10. The molecule has 0 aliphatic heterocycles. The number of ether oxygens (including phenoxy) is 1. The minimum absolute atomic E-state index is 0.361. The molecule has 24 heavy (non-hydrogen) atoms. The minimum Gasteiger partial charge on any atom is -0.452 e. The van der Waals surface area contributed by atoms with E-state index in [4.69, 9.17) is 4.74 Å². The van der Waals surface area contributed by atoms with Gasteiger partial charge >= 0.3 is 5.97 Å². The van der Waals surface area contributed by atoms with Crippen molar-refractivity contribution in [3.8, 4) is 0 Å². The number of nitrogens with one attached hydrogen (secondary N) is 1. The largest absolute Gasteiger partial charge is 0.452 e. The van der Waals surface area contributed by atoms with Gasteiger partial charge in [-0.05, 0) is 43.2 Å².